The molecule has 0 amide bonds. The van der Waals surface area contributed by atoms with E-state index in [1.54, 1.807) is 6.07 Å². The largest absolute Gasteiger partial charge is 0.507 e. The molecule has 0 heterocycles. The van der Waals surface area contributed by atoms with Gasteiger partial charge in [-0.15, -0.1) is 0 Å². The van der Waals surface area contributed by atoms with Crippen molar-refractivity contribution in [2.75, 3.05) is 14.2 Å². The van der Waals surface area contributed by atoms with Gasteiger partial charge in [0.2, 0.25) is 0 Å². The van der Waals surface area contributed by atoms with Crippen molar-refractivity contribution < 1.29 is 24.5 Å². The first kappa shape index (κ1) is 11.3. The maximum absolute atomic E-state index is 10.8. The topological polar surface area (TPSA) is 76.0 Å². The van der Waals surface area contributed by atoms with Gasteiger partial charge in [0.15, 0.2) is 6.10 Å². The van der Waals surface area contributed by atoms with E-state index in [1.165, 1.54) is 26.4 Å². The van der Waals surface area contributed by atoms with Gasteiger partial charge in [-0.3, -0.25) is 0 Å². The quantitative estimate of drug-likeness (QED) is 0.783. The van der Waals surface area contributed by atoms with Gasteiger partial charge in [0.05, 0.1) is 7.11 Å². The van der Waals surface area contributed by atoms with Crippen LogP contribution in [0.4, 0.5) is 0 Å². The van der Waals surface area contributed by atoms with Crippen molar-refractivity contribution in [3.8, 4) is 11.5 Å². The van der Waals surface area contributed by atoms with Gasteiger partial charge in [-0.05, 0) is 12.1 Å². The van der Waals surface area contributed by atoms with E-state index in [2.05, 4.69) is 0 Å². The van der Waals surface area contributed by atoms with Gasteiger partial charge in [0, 0.05) is 18.7 Å². The van der Waals surface area contributed by atoms with Crippen molar-refractivity contribution in [1.82, 2.24) is 0 Å². The fourth-order valence-corrected chi connectivity index (χ4v) is 1.23. The summed E-state index contributed by atoms with van der Waals surface area (Å²) in [7, 11) is 2.72. The lowest BCUT2D eigenvalue weighted by atomic mass is 10.1. The van der Waals surface area contributed by atoms with Crippen molar-refractivity contribution in [2.24, 2.45) is 0 Å². The first-order valence-electron chi connectivity index (χ1n) is 4.22. The Hall–Kier alpha value is -1.75. The molecule has 0 aliphatic rings. The van der Waals surface area contributed by atoms with Crippen LogP contribution >= 0.6 is 0 Å². The van der Waals surface area contributed by atoms with E-state index in [0.29, 0.717) is 5.75 Å². The fourth-order valence-electron chi connectivity index (χ4n) is 1.23. The standard InChI is InChI=1S/C10H12O5/c1-14-6-3-4-7(8(11)5-6)9(15-2)10(12)13/h3-5,9,11H,1-2H3,(H,12,13). The van der Waals surface area contributed by atoms with Crippen LogP contribution in [0.1, 0.15) is 11.7 Å². The maximum Gasteiger partial charge on any atom is 0.337 e. The zero-order valence-electron chi connectivity index (χ0n) is 8.43. The summed E-state index contributed by atoms with van der Waals surface area (Å²) in [6, 6.07) is 4.35. The number of carbonyl (C=O) groups is 1. The van der Waals surface area contributed by atoms with Crippen LogP contribution in [0, 0.1) is 0 Å². The number of phenolic OH excluding ortho intramolecular Hbond substituents is 1. The highest BCUT2D eigenvalue weighted by molar-refractivity contribution is 5.75. The molecule has 0 saturated carbocycles. The number of carboxylic acids is 1. The lowest BCUT2D eigenvalue weighted by Gasteiger charge is -2.12. The van der Waals surface area contributed by atoms with E-state index in [1.807, 2.05) is 0 Å². The number of aliphatic carboxylic acids is 1. The van der Waals surface area contributed by atoms with Crippen LogP contribution in [-0.4, -0.2) is 30.4 Å². The summed E-state index contributed by atoms with van der Waals surface area (Å²) in [5, 5.41) is 18.4. The van der Waals surface area contributed by atoms with Crippen molar-refractivity contribution in [3.63, 3.8) is 0 Å². The number of methoxy groups -OCH3 is 2. The van der Waals surface area contributed by atoms with Crippen molar-refractivity contribution >= 4 is 5.97 Å². The number of phenols is 1. The second kappa shape index (κ2) is 4.65. The molecule has 0 radical (unpaired) electrons. The first-order valence-corrected chi connectivity index (χ1v) is 4.22. The SMILES string of the molecule is COc1ccc(C(OC)C(=O)O)c(O)c1. The van der Waals surface area contributed by atoms with E-state index in [9.17, 15) is 9.90 Å². The van der Waals surface area contributed by atoms with Crippen LogP contribution in [0.3, 0.4) is 0 Å². The van der Waals surface area contributed by atoms with Crippen LogP contribution in [0.25, 0.3) is 0 Å². The number of hydrogen-bond acceptors (Lipinski definition) is 4. The highest BCUT2D eigenvalue weighted by Gasteiger charge is 2.22. The smallest absolute Gasteiger partial charge is 0.337 e. The van der Waals surface area contributed by atoms with Gasteiger partial charge in [-0.2, -0.15) is 0 Å². The molecule has 1 atom stereocenters. The van der Waals surface area contributed by atoms with Gasteiger partial charge in [0.1, 0.15) is 11.5 Å². The highest BCUT2D eigenvalue weighted by Crippen LogP contribution is 2.30. The summed E-state index contributed by atoms with van der Waals surface area (Å²) >= 11 is 0. The van der Waals surface area contributed by atoms with Crippen molar-refractivity contribution in [1.29, 1.82) is 0 Å². The molecular weight excluding hydrogens is 200 g/mol. The molecule has 0 spiro atoms. The molecule has 0 saturated heterocycles. The fraction of sp³-hybridized carbons (Fsp3) is 0.300. The molecule has 82 valence electrons. The van der Waals surface area contributed by atoms with Crippen LogP contribution in [-0.2, 0) is 9.53 Å². The van der Waals surface area contributed by atoms with E-state index in [-0.39, 0.29) is 11.3 Å². The summed E-state index contributed by atoms with van der Waals surface area (Å²) in [5.74, 6) is -0.863. The molecule has 1 rings (SSSR count). The summed E-state index contributed by atoms with van der Waals surface area (Å²) in [4.78, 5) is 10.8. The van der Waals surface area contributed by atoms with E-state index < -0.39 is 12.1 Å². The summed E-state index contributed by atoms with van der Waals surface area (Å²) in [6.45, 7) is 0. The number of carboxylic acid groups (broad SMARTS) is 1. The molecule has 2 N–H and O–H groups in total. The predicted molar refractivity (Wildman–Crippen MR) is 52.0 cm³/mol. The number of rotatable bonds is 4. The summed E-state index contributed by atoms with van der Waals surface area (Å²) in [6.07, 6.45) is -1.17. The lowest BCUT2D eigenvalue weighted by molar-refractivity contribution is -0.149. The highest BCUT2D eigenvalue weighted by atomic mass is 16.5. The van der Waals surface area contributed by atoms with Gasteiger partial charge >= 0.3 is 5.97 Å². The summed E-state index contributed by atoms with van der Waals surface area (Å²) < 4.78 is 9.63. The molecule has 5 heteroatoms. The molecule has 0 fully saturated rings. The predicted octanol–water partition coefficient (Wildman–Crippen LogP) is 1.17. The Balaban J connectivity index is 3.08. The normalized spacial score (nSPS) is 12.1. The monoisotopic (exact) mass is 212 g/mol. The van der Waals surface area contributed by atoms with Crippen molar-refractivity contribution in [3.05, 3.63) is 23.8 Å². The number of hydrogen-bond donors (Lipinski definition) is 2. The molecule has 0 bridgehead atoms. The first-order chi connectivity index (χ1) is 7.10. The zero-order chi connectivity index (χ0) is 11.4. The van der Waals surface area contributed by atoms with Crippen LogP contribution < -0.4 is 4.74 Å². The Bertz CT molecular complexity index is 361. The molecular formula is C10H12O5. The molecule has 15 heavy (non-hydrogen) atoms. The third-order valence-corrected chi connectivity index (χ3v) is 1.98. The van der Waals surface area contributed by atoms with E-state index in [0.717, 1.165) is 0 Å². The van der Waals surface area contributed by atoms with Crippen LogP contribution in [0.5, 0.6) is 11.5 Å². The molecule has 1 aromatic rings. The maximum atomic E-state index is 10.8. The Labute approximate surface area is 86.9 Å². The van der Waals surface area contributed by atoms with E-state index >= 15 is 0 Å². The van der Waals surface area contributed by atoms with Crippen LogP contribution in [0.2, 0.25) is 0 Å². The molecule has 0 aliphatic carbocycles. The Morgan fingerprint density at radius 3 is 2.47 bits per heavy atom. The molecule has 1 aromatic carbocycles. The van der Waals surface area contributed by atoms with Gasteiger partial charge in [-0.1, -0.05) is 0 Å². The second-order valence-corrected chi connectivity index (χ2v) is 2.88. The van der Waals surface area contributed by atoms with Gasteiger partial charge in [-0.25, -0.2) is 4.79 Å². The number of aromatic hydroxyl groups is 1. The number of benzene rings is 1. The molecule has 0 aromatic heterocycles. The van der Waals surface area contributed by atoms with Gasteiger partial charge < -0.3 is 19.7 Å². The lowest BCUT2D eigenvalue weighted by Crippen LogP contribution is -2.13. The molecule has 5 nitrogen and oxygen atoms in total. The number of ether oxygens (including phenoxy) is 2. The Morgan fingerprint density at radius 1 is 1.40 bits per heavy atom. The average Bonchev–Trinajstić information content (AvgIpc) is 2.20. The minimum atomic E-state index is -1.17. The minimum Gasteiger partial charge on any atom is -0.507 e. The van der Waals surface area contributed by atoms with Crippen LogP contribution in [0.15, 0.2) is 18.2 Å². The zero-order valence-corrected chi connectivity index (χ0v) is 8.43. The van der Waals surface area contributed by atoms with Crippen molar-refractivity contribution in [2.45, 2.75) is 6.10 Å². The van der Waals surface area contributed by atoms with Gasteiger partial charge in [0.25, 0.3) is 0 Å². The third-order valence-electron chi connectivity index (χ3n) is 1.98. The minimum absolute atomic E-state index is 0.163. The molecule has 0 aliphatic heterocycles. The Morgan fingerprint density at radius 2 is 2.07 bits per heavy atom. The Kier molecular flexibility index (Phi) is 3.51. The average molecular weight is 212 g/mol. The second-order valence-electron chi connectivity index (χ2n) is 2.88. The van der Waals surface area contributed by atoms with E-state index in [4.69, 9.17) is 14.6 Å². The molecule has 1 unspecified atom stereocenters. The summed E-state index contributed by atoms with van der Waals surface area (Å²) in [5.41, 5.74) is 0.200. The third kappa shape index (κ3) is 2.38.